The van der Waals surface area contributed by atoms with E-state index < -0.39 is 17.5 Å². The molecule has 2 aromatic carbocycles. The van der Waals surface area contributed by atoms with Crippen LogP contribution < -0.4 is 23.7 Å². The first-order chi connectivity index (χ1) is 14.4. The predicted molar refractivity (Wildman–Crippen MR) is 107 cm³/mol. The Balaban J connectivity index is 1.63. The van der Waals surface area contributed by atoms with Crippen molar-refractivity contribution in [1.29, 1.82) is 0 Å². The summed E-state index contributed by atoms with van der Waals surface area (Å²) in [5.74, 6) is 1.88. The largest absolute Gasteiger partial charge is 0.493 e. The number of fused-ring (bicyclic) bond motifs is 6. The lowest BCUT2D eigenvalue weighted by Crippen LogP contribution is -2.57. The molecular weight excluding hydrogens is 388 g/mol. The number of hydrogen-bond donors (Lipinski definition) is 1. The van der Waals surface area contributed by atoms with Crippen molar-refractivity contribution in [3.63, 3.8) is 0 Å². The van der Waals surface area contributed by atoms with Gasteiger partial charge < -0.3 is 28.8 Å². The van der Waals surface area contributed by atoms with Gasteiger partial charge in [0, 0.05) is 23.6 Å². The third-order valence-electron chi connectivity index (χ3n) is 6.03. The summed E-state index contributed by atoms with van der Waals surface area (Å²) in [5.41, 5.74) is 0.426. The topological polar surface area (TPSA) is 83.5 Å². The maximum atomic E-state index is 13.6. The number of carbonyl (C=O) groups excluding carboxylic acids is 1. The maximum absolute atomic E-state index is 13.6. The van der Waals surface area contributed by atoms with Crippen LogP contribution in [-0.4, -0.2) is 43.9 Å². The van der Waals surface area contributed by atoms with Crippen LogP contribution >= 0.6 is 0 Å². The van der Waals surface area contributed by atoms with Crippen molar-refractivity contribution in [2.75, 3.05) is 20.8 Å². The highest BCUT2D eigenvalue weighted by Crippen LogP contribution is 2.51. The fourth-order valence-electron chi connectivity index (χ4n) is 4.35. The first kappa shape index (κ1) is 18.8. The standard InChI is InChI=1S/C23H22O7/c1-11(2)16-7-13-15(29-16)6-5-12-21(13)30-20-10-28-17-9-19(27-4)18(26-3)8-14(17)23(20,25)22(12)24/h5-6,8-9,16,20,25H,1,7,10H2,2-4H3/t16-,20-,23+/m0/s1. The average molecular weight is 410 g/mol. The molecule has 7 heteroatoms. The fourth-order valence-corrected chi connectivity index (χ4v) is 4.35. The number of ether oxygens (including phenoxy) is 5. The van der Waals surface area contributed by atoms with Crippen molar-refractivity contribution < 1.29 is 33.6 Å². The van der Waals surface area contributed by atoms with Gasteiger partial charge in [-0.15, -0.1) is 0 Å². The molecule has 3 aliphatic rings. The van der Waals surface area contributed by atoms with E-state index in [-0.39, 0.29) is 12.7 Å². The van der Waals surface area contributed by atoms with Crippen molar-refractivity contribution in [2.45, 2.75) is 31.2 Å². The molecule has 0 aliphatic carbocycles. The molecule has 0 radical (unpaired) electrons. The predicted octanol–water partition coefficient (Wildman–Crippen LogP) is 2.81. The molecule has 3 heterocycles. The molecular formula is C23H22O7. The maximum Gasteiger partial charge on any atom is 0.206 e. The zero-order valence-electron chi connectivity index (χ0n) is 17.0. The van der Waals surface area contributed by atoms with Gasteiger partial charge in [0.2, 0.25) is 5.78 Å². The Morgan fingerprint density at radius 3 is 2.60 bits per heavy atom. The van der Waals surface area contributed by atoms with Gasteiger partial charge in [-0.2, -0.15) is 0 Å². The van der Waals surface area contributed by atoms with Gasteiger partial charge in [0.15, 0.2) is 23.2 Å². The third kappa shape index (κ3) is 2.38. The minimum absolute atomic E-state index is 0.0125. The summed E-state index contributed by atoms with van der Waals surface area (Å²) in [4.78, 5) is 13.6. The molecule has 3 atom stereocenters. The monoisotopic (exact) mass is 410 g/mol. The van der Waals surface area contributed by atoms with E-state index >= 15 is 0 Å². The van der Waals surface area contributed by atoms with Crippen LogP contribution in [0.3, 0.4) is 0 Å². The summed E-state index contributed by atoms with van der Waals surface area (Å²) in [6.07, 6.45) is -0.501. The normalized spacial score (nSPS) is 25.5. The smallest absolute Gasteiger partial charge is 0.206 e. The molecule has 3 aliphatic heterocycles. The number of rotatable bonds is 3. The quantitative estimate of drug-likeness (QED) is 0.779. The number of ketones is 1. The fraction of sp³-hybridized carbons (Fsp3) is 0.348. The van der Waals surface area contributed by atoms with E-state index in [2.05, 4.69) is 6.58 Å². The molecule has 0 saturated heterocycles. The van der Waals surface area contributed by atoms with Crippen LogP contribution in [0.2, 0.25) is 0 Å². The summed E-state index contributed by atoms with van der Waals surface area (Å²) in [6, 6.07) is 6.57. The Labute approximate surface area is 173 Å². The van der Waals surface area contributed by atoms with Crippen molar-refractivity contribution in [1.82, 2.24) is 0 Å². The average Bonchev–Trinajstić information content (AvgIpc) is 3.19. The molecule has 0 unspecified atom stereocenters. The Morgan fingerprint density at radius 1 is 1.17 bits per heavy atom. The highest BCUT2D eigenvalue weighted by atomic mass is 16.6. The number of benzene rings is 2. The van der Waals surface area contributed by atoms with Crippen molar-refractivity contribution in [3.8, 4) is 28.7 Å². The summed E-state index contributed by atoms with van der Waals surface area (Å²) in [6.45, 7) is 5.88. The molecule has 30 heavy (non-hydrogen) atoms. The van der Waals surface area contributed by atoms with Crippen LogP contribution in [-0.2, 0) is 12.0 Å². The summed E-state index contributed by atoms with van der Waals surface area (Å²) in [5, 5.41) is 11.6. The molecule has 5 rings (SSSR count). The van der Waals surface area contributed by atoms with Crippen molar-refractivity contribution >= 4 is 5.78 Å². The zero-order chi connectivity index (χ0) is 21.2. The molecule has 0 spiro atoms. The van der Waals surface area contributed by atoms with Gasteiger partial charge in [-0.05, 0) is 30.7 Å². The van der Waals surface area contributed by atoms with E-state index in [1.54, 1.807) is 24.3 Å². The van der Waals surface area contributed by atoms with E-state index in [0.717, 1.165) is 11.1 Å². The second kappa shape index (κ2) is 6.40. The van der Waals surface area contributed by atoms with E-state index in [0.29, 0.717) is 46.3 Å². The van der Waals surface area contributed by atoms with Gasteiger partial charge in [-0.1, -0.05) is 6.58 Å². The van der Waals surface area contributed by atoms with E-state index in [1.807, 2.05) is 6.92 Å². The Morgan fingerprint density at radius 2 is 1.90 bits per heavy atom. The van der Waals surface area contributed by atoms with Crippen molar-refractivity contribution in [3.05, 3.63) is 53.1 Å². The third-order valence-corrected chi connectivity index (χ3v) is 6.03. The minimum Gasteiger partial charge on any atom is -0.493 e. The van der Waals surface area contributed by atoms with Gasteiger partial charge in [-0.25, -0.2) is 0 Å². The van der Waals surface area contributed by atoms with Crippen LogP contribution in [0.5, 0.6) is 28.7 Å². The molecule has 156 valence electrons. The van der Waals surface area contributed by atoms with Gasteiger partial charge in [0.25, 0.3) is 0 Å². The summed E-state index contributed by atoms with van der Waals surface area (Å²) >= 11 is 0. The zero-order valence-corrected chi connectivity index (χ0v) is 17.0. The highest BCUT2D eigenvalue weighted by Gasteiger charge is 2.56. The highest BCUT2D eigenvalue weighted by molar-refractivity contribution is 6.07. The molecule has 1 N–H and O–H groups in total. The molecule has 2 aromatic rings. The first-order valence-electron chi connectivity index (χ1n) is 9.69. The number of carbonyl (C=O) groups is 1. The lowest BCUT2D eigenvalue weighted by molar-refractivity contribution is -0.0802. The second-order valence-corrected chi connectivity index (χ2v) is 7.79. The van der Waals surface area contributed by atoms with Gasteiger partial charge >= 0.3 is 0 Å². The number of methoxy groups -OCH3 is 2. The van der Waals surface area contributed by atoms with E-state index in [1.165, 1.54) is 14.2 Å². The Hall–Kier alpha value is -3.19. The lowest BCUT2D eigenvalue weighted by atomic mass is 9.77. The van der Waals surface area contributed by atoms with Crippen LogP contribution in [0, 0.1) is 0 Å². The van der Waals surface area contributed by atoms with E-state index in [9.17, 15) is 9.90 Å². The van der Waals surface area contributed by atoms with Gasteiger partial charge in [-0.3, -0.25) is 4.79 Å². The molecule has 7 nitrogen and oxygen atoms in total. The number of Topliss-reactive ketones (excluding diaryl/α,β-unsaturated/α-hetero) is 1. The molecule has 0 aromatic heterocycles. The number of aliphatic hydroxyl groups is 1. The summed E-state index contributed by atoms with van der Waals surface area (Å²) in [7, 11) is 3.00. The van der Waals surface area contributed by atoms with Gasteiger partial charge in [0.05, 0.1) is 19.8 Å². The molecule has 0 saturated carbocycles. The van der Waals surface area contributed by atoms with Crippen LogP contribution in [0.4, 0.5) is 0 Å². The Kier molecular flexibility index (Phi) is 4.02. The van der Waals surface area contributed by atoms with Crippen LogP contribution in [0.25, 0.3) is 0 Å². The van der Waals surface area contributed by atoms with Crippen LogP contribution in [0.1, 0.15) is 28.4 Å². The van der Waals surface area contributed by atoms with Crippen molar-refractivity contribution in [2.24, 2.45) is 0 Å². The second-order valence-electron chi connectivity index (χ2n) is 7.79. The first-order valence-corrected chi connectivity index (χ1v) is 9.69. The Bertz CT molecular complexity index is 1090. The van der Waals surface area contributed by atoms with Crippen LogP contribution in [0.15, 0.2) is 36.4 Å². The minimum atomic E-state index is -1.90. The molecule has 0 fully saturated rings. The lowest BCUT2D eigenvalue weighted by Gasteiger charge is -2.43. The molecule has 0 bridgehead atoms. The number of hydrogen-bond acceptors (Lipinski definition) is 7. The van der Waals surface area contributed by atoms with Gasteiger partial charge in [0.1, 0.15) is 30.0 Å². The van der Waals surface area contributed by atoms with E-state index in [4.69, 9.17) is 23.7 Å². The summed E-state index contributed by atoms with van der Waals surface area (Å²) < 4.78 is 28.6. The molecule has 0 amide bonds. The SMILES string of the molecule is C=C(C)[C@@H]1Cc2c(ccc3c2O[C@H]2COc4cc(OC)c(OC)cc4[C@]2(O)C3=O)O1.